The van der Waals surface area contributed by atoms with Crippen LogP contribution in [0.4, 0.5) is 4.39 Å². The minimum Gasteiger partial charge on any atom is -0.461 e. The first-order valence-corrected chi connectivity index (χ1v) is 10.9. The molecule has 1 aliphatic rings. The monoisotopic (exact) mass is 408 g/mol. The molecule has 0 amide bonds. The number of thioether (sulfide) groups is 1. The lowest BCUT2D eigenvalue weighted by atomic mass is 9.95. The summed E-state index contributed by atoms with van der Waals surface area (Å²) in [4.78, 5) is 4.40. The summed E-state index contributed by atoms with van der Waals surface area (Å²) in [7, 11) is 0. The molecule has 0 atom stereocenters. The van der Waals surface area contributed by atoms with E-state index < -0.39 is 0 Å². The number of furan rings is 1. The number of halogens is 1. The van der Waals surface area contributed by atoms with E-state index in [4.69, 9.17) is 4.42 Å². The van der Waals surface area contributed by atoms with E-state index in [2.05, 4.69) is 19.7 Å². The number of nitrogens with zero attached hydrogens (tertiary/aromatic N) is 4. The van der Waals surface area contributed by atoms with Crippen LogP contribution in [-0.2, 0) is 5.75 Å². The maximum Gasteiger partial charge on any atom is 0.200 e. The van der Waals surface area contributed by atoms with Gasteiger partial charge in [0.1, 0.15) is 5.82 Å². The third-order valence-corrected chi connectivity index (χ3v) is 6.49. The van der Waals surface area contributed by atoms with Crippen molar-refractivity contribution >= 4 is 22.7 Å². The van der Waals surface area contributed by atoms with Gasteiger partial charge in [0.25, 0.3) is 0 Å². The zero-order valence-electron chi connectivity index (χ0n) is 15.9. The molecule has 3 heterocycles. The summed E-state index contributed by atoms with van der Waals surface area (Å²) < 4.78 is 22.0. The van der Waals surface area contributed by atoms with Gasteiger partial charge in [-0.15, -0.1) is 10.2 Å². The molecule has 5 nitrogen and oxygen atoms in total. The number of hydrogen-bond acceptors (Lipinski definition) is 5. The maximum absolute atomic E-state index is 14.1. The molecule has 1 aromatic carbocycles. The van der Waals surface area contributed by atoms with Gasteiger partial charge in [-0.25, -0.2) is 4.39 Å². The fourth-order valence-electron chi connectivity index (χ4n) is 4.07. The predicted octanol–water partition coefficient (Wildman–Crippen LogP) is 6.02. The summed E-state index contributed by atoms with van der Waals surface area (Å²) in [5, 5.41) is 10.4. The number of aromatic nitrogens is 4. The van der Waals surface area contributed by atoms with E-state index in [1.54, 1.807) is 36.4 Å². The van der Waals surface area contributed by atoms with Gasteiger partial charge in [-0.1, -0.05) is 37.1 Å². The molecule has 1 fully saturated rings. The third-order valence-electron chi connectivity index (χ3n) is 5.50. The topological polar surface area (TPSA) is 56.7 Å². The van der Waals surface area contributed by atoms with Crippen LogP contribution >= 0.6 is 11.8 Å². The molecule has 148 valence electrons. The average molecular weight is 409 g/mol. The zero-order chi connectivity index (χ0) is 19.6. The standard InChI is InChI=1S/C22H21FN4OS/c23-18-11-10-15(20-17(18)8-4-12-24-20)14-29-22-26-25-21(19-9-5-13-28-19)27(22)16-6-2-1-3-7-16/h4-5,8-13,16H,1-3,6-7,14H2. The molecule has 0 bridgehead atoms. The number of benzene rings is 1. The fourth-order valence-corrected chi connectivity index (χ4v) is 5.06. The van der Waals surface area contributed by atoms with Crippen LogP contribution in [0, 0.1) is 5.82 Å². The Bertz CT molecular complexity index is 1120. The molecule has 3 aromatic heterocycles. The first-order valence-electron chi connectivity index (χ1n) is 9.95. The second-order valence-corrected chi connectivity index (χ2v) is 8.28. The molecule has 0 N–H and O–H groups in total. The van der Waals surface area contributed by atoms with E-state index in [-0.39, 0.29) is 5.82 Å². The molecule has 7 heteroatoms. The lowest BCUT2D eigenvalue weighted by molar-refractivity contribution is 0.337. The van der Waals surface area contributed by atoms with Crippen LogP contribution in [0.25, 0.3) is 22.5 Å². The SMILES string of the molecule is Fc1ccc(CSc2nnc(-c3ccco3)n2C2CCCCC2)c2ncccc12. The van der Waals surface area contributed by atoms with Crippen molar-refractivity contribution in [3.05, 3.63) is 60.2 Å². The summed E-state index contributed by atoms with van der Waals surface area (Å²) in [6.45, 7) is 0. The number of pyridine rings is 1. The highest BCUT2D eigenvalue weighted by atomic mass is 32.2. The molecular weight excluding hydrogens is 387 g/mol. The second-order valence-electron chi connectivity index (χ2n) is 7.34. The van der Waals surface area contributed by atoms with Crippen LogP contribution in [0.3, 0.4) is 0 Å². The van der Waals surface area contributed by atoms with E-state index in [1.807, 2.05) is 18.2 Å². The smallest absolute Gasteiger partial charge is 0.200 e. The Morgan fingerprint density at radius 3 is 2.79 bits per heavy atom. The highest BCUT2D eigenvalue weighted by Crippen LogP contribution is 2.37. The Morgan fingerprint density at radius 2 is 1.97 bits per heavy atom. The normalized spacial score (nSPS) is 15.2. The molecule has 0 radical (unpaired) electrons. The summed E-state index contributed by atoms with van der Waals surface area (Å²) in [6, 6.07) is 11.0. The van der Waals surface area contributed by atoms with Gasteiger partial charge in [-0.3, -0.25) is 9.55 Å². The Morgan fingerprint density at radius 1 is 1.07 bits per heavy atom. The van der Waals surface area contributed by atoms with Crippen molar-refractivity contribution < 1.29 is 8.81 Å². The number of hydrogen-bond donors (Lipinski definition) is 0. The van der Waals surface area contributed by atoms with E-state index in [0.29, 0.717) is 22.7 Å². The van der Waals surface area contributed by atoms with Crippen molar-refractivity contribution in [1.82, 2.24) is 19.7 Å². The molecular formula is C22H21FN4OS. The van der Waals surface area contributed by atoms with Gasteiger partial charge in [0.15, 0.2) is 10.9 Å². The maximum atomic E-state index is 14.1. The van der Waals surface area contributed by atoms with E-state index in [1.165, 1.54) is 25.3 Å². The lowest BCUT2D eigenvalue weighted by Gasteiger charge is -2.25. The average Bonchev–Trinajstić information content (AvgIpc) is 3.44. The van der Waals surface area contributed by atoms with Gasteiger partial charge in [0.2, 0.25) is 5.82 Å². The van der Waals surface area contributed by atoms with Gasteiger partial charge in [0, 0.05) is 23.4 Å². The molecule has 0 saturated heterocycles. The van der Waals surface area contributed by atoms with Crippen LogP contribution in [0.1, 0.15) is 43.7 Å². The van der Waals surface area contributed by atoms with E-state index in [0.717, 1.165) is 35.1 Å². The highest BCUT2D eigenvalue weighted by Gasteiger charge is 2.25. The van der Waals surface area contributed by atoms with Crippen molar-refractivity contribution in [2.75, 3.05) is 0 Å². The van der Waals surface area contributed by atoms with Gasteiger partial charge in [-0.05, 0) is 48.7 Å². The van der Waals surface area contributed by atoms with Gasteiger partial charge < -0.3 is 4.42 Å². The molecule has 0 unspecified atom stereocenters. The number of rotatable bonds is 5. The van der Waals surface area contributed by atoms with Crippen molar-refractivity contribution in [1.29, 1.82) is 0 Å². The largest absolute Gasteiger partial charge is 0.461 e. The molecule has 5 rings (SSSR count). The van der Waals surface area contributed by atoms with Crippen molar-refractivity contribution in [3.8, 4) is 11.6 Å². The molecule has 29 heavy (non-hydrogen) atoms. The number of fused-ring (bicyclic) bond motifs is 1. The third kappa shape index (κ3) is 3.55. The molecule has 0 aliphatic heterocycles. The molecule has 4 aromatic rings. The van der Waals surface area contributed by atoms with Gasteiger partial charge in [0.05, 0.1) is 11.8 Å². The van der Waals surface area contributed by atoms with Crippen LogP contribution in [-0.4, -0.2) is 19.7 Å². The quantitative estimate of drug-likeness (QED) is 0.378. The van der Waals surface area contributed by atoms with Crippen molar-refractivity contribution in [2.24, 2.45) is 0 Å². The Kier molecular flexibility index (Phi) is 5.06. The van der Waals surface area contributed by atoms with Crippen molar-refractivity contribution in [3.63, 3.8) is 0 Å². The second kappa shape index (κ2) is 7.99. The van der Waals surface area contributed by atoms with E-state index in [9.17, 15) is 4.39 Å². The first kappa shape index (κ1) is 18.4. The van der Waals surface area contributed by atoms with E-state index >= 15 is 0 Å². The van der Waals surface area contributed by atoms with Crippen molar-refractivity contribution in [2.45, 2.75) is 49.1 Å². The van der Waals surface area contributed by atoms with Crippen LogP contribution in [0.5, 0.6) is 0 Å². The van der Waals surface area contributed by atoms with Gasteiger partial charge >= 0.3 is 0 Å². The summed E-state index contributed by atoms with van der Waals surface area (Å²) >= 11 is 1.62. The molecule has 1 aliphatic carbocycles. The Balaban J connectivity index is 1.48. The summed E-state index contributed by atoms with van der Waals surface area (Å²) in [6.07, 6.45) is 9.34. The first-order chi connectivity index (χ1) is 14.3. The minimum atomic E-state index is -0.243. The lowest BCUT2D eigenvalue weighted by Crippen LogP contribution is -2.15. The van der Waals surface area contributed by atoms with Crippen LogP contribution < -0.4 is 0 Å². The summed E-state index contributed by atoms with van der Waals surface area (Å²) in [5.41, 5.74) is 1.69. The molecule has 0 spiro atoms. The molecule has 1 saturated carbocycles. The predicted molar refractivity (Wildman–Crippen MR) is 111 cm³/mol. The van der Waals surface area contributed by atoms with Gasteiger partial charge in [-0.2, -0.15) is 0 Å². The Hall–Kier alpha value is -2.67. The highest BCUT2D eigenvalue weighted by molar-refractivity contribution is 7.98. The zero-order valence-corrected chi connectivity index (χ0v) is 16.7. The van der Waals surface area contributed by atoms with Crippen LogP contribution in [0.15, 0.2) is 58.4 Å². The summed E-state index contributed by atoms with van der Waals surface area (Å²) in [5.74, 6) is 1.93. The fraction of sp³-hybridized carbons (Fsp3) is 0.318. The van der Waals surface area contributed by atoms with Crippen LogP contribution in [0.2, 0.25) is 0 Å². The Labute approximate surface area is 172 Å². The minimum absolute atomic E-state index is 0.243.